The molecule has 3 N–H and O–H groups in total. The van der Waals surface area contributed by atoms with Crippen LogP contribution in [0.2, 0.25) is 0 Å². The molecule has 8 nitrogen and oxygen atoms in total. The third kappa shape index (κ3) is 8.10. The van der Waals surface area contributed by atoms with Crippen LogP contribution in [0, 0.1) is 0 Å². The lowest BCUT2D eigenvalue weighted by Crippen LogP contribution is -2.33. The first kappa shape index (κ1) is 21.8. The van der Waals surface area contributed by atoms with Gasteiger partial charge in [0.1, 0.15) is 0 Å². The summed E-state index contributed by atoms with van der Waals surface area (Å²) in [6, 6.07) is 5.64. The zero-order valence-corrected chi connectivity index (χ0v) is 17.5. The maximum Gasteiger partial charge on any atom is 0.208 e. The zero-order valence-electron chi connectivity index (χ0n) is 14.4. The topological polar surface area (TPSA) is 101 Å². The van der Waals surface area contributed by atoms with Crippen LogP contribution in [-0.4, -0.2) is 54.0 Å². The monoisotopic (exact) mass is 484 g/mol. The van der Waals surface area contributed by atoms with Gasteiger partial charge in [0.2, 0.25) is 10.0 Å². The molecule has 0 fully saturated rings. The molecule has 2 rings (SSSR count). The number of nitrogens with one attached hydrogen (secondary N) is 3. The first-order valence-corrected chi connectivity index (χ1v) is 9.69. The molecule has 0 atom stereocenters. The van der Waals surface area contributed by atoms with E-state index in [-0.39, 0.29) is 24.0 Å². The normalized spacial score (nSPS) is 14.2. The summed E-state index contributed by atoms with van der Waals surface area (Å²) in [5.41, 5.74) is 0.835. The van der Waals surface area contributed by atoms with Crippen molar-refractivity contribution < 1.29 is 17.9 Å². The van der Waals surface area contributed by atoms with E-state index in [0.717, 1.165) is 24.1 Å². The first-order chi connectivity index (χ1) is 11.5. The molecule has 25 heavy (non-hydrogen) atoms. The maximum atomic E-state index is 11.0. The Morgan fingerprint density at radius 1 is 1.20 bits per heavy atom. The molecule has 0 saturated heterocycles. The number of sulfonamides is 1. The minimum absolute atomic E-state index is 0. The van der Waals surface area contributed by atoms with Crippen molar-refractivity contribution in [1.29, 1.82) is 0 Å². The van der Waals surface area contributed by atoms with Gasteiger partial charge >= 0.3 is 0 Å². The molecule has 0 saturated carbocycles. The summed E-state index contributed by atoms with van der Waals surface area (Å²) in [6.45, 7) is 2.26. The van der Waals surface area contributed by atoms with E-state index in [4.69, 9.17) is 9.47 Å². The number of guanidine groups is 1. The van der Waals surface area contributed by atoms with Gasteiger partial charge in [-0.3, -0.25) is 4.99 Å². The van der Waals surface area contributed by atoms with Crippen molar-refractivity contribution >= 4 is 45.6 Å². The number of benzene rings is 1. The van der Waals surface area contributed by atoms with Crippen molar-refractivity contribution in [2.24, 2.45) is 4.99 Å². The molecular weight excluding hydrogens is 459 g/mol. The Balaban J connectivity index is 0.00000312. The Kier molecular flexibility index (Phi) is 9.28. The molecule has 1 aliphatic heterocycles. The molecule has 142 valence electrons. The van der Waals surface area contributed by atoms with Crippen molar-refractivity contribution in [2.75, 3.05) is 44.9 Å². The number of rotatable bonds is 6. The molecule has 0 amide bonds. The second-order valence-corrected chi connectivity index (χ2v) is 7.19. The summed E-state index contributed by atoms with van der Waals surface area (Å²) < 4.78 is 35.7. The van der Waals surface area contributed by atoms with E-state index in [1.165, 1.54) is 0 Å². The van der Waals surface area contributed by atoms with E-state index in [9.17, 15) is 8.42 Å². The molecule has 1 aromatic carbocycles. The number of halogens is 1. The number of ether oxygens (including phenoxy) is 2. The fourth-order valence-electron chi connectivity index (χ4n) is 2.11. The highest BCUT2D eigenvalue weighted by molar-refractivity contribution is 14.0. The summed E-state index contributed by atoms with van der Waals surface area (Å²) >= 11 is 0. The third-order valence-corrected chi connectivity index (χ3v) is 3.97. The van der Waals surface area contributed by atoms with E-state index in [0.29, 0.717) is 44.4 Å². The molecule has 1 heterocycles. The quantitative estimate of drug-likeness (QED) is 0.244. The van der Waals surface area contributed by atoms with Crippen LogP contribution in [0.3, 0.4) is 0 Å². The summed E-state index contributed by atoms with van der Waals surface area (Å²) in [7, 11) is -1.47. The fourth-order valence-corrected chi connectivity index (χ4v) is 2.62. The number of fused-ring (bicyclic) bond motifs is 1. The smallest absolute Gasteiger partial charge is 0.208 e. The number of aliphatic imine (C=N–C) groups is 1. The predicted molar refractivity (Wildman–Crippen MR) is 110 cm³/mol. The van der Waals surface area contributed by atoms with Crippen molar-refractivity contribution in [1.82, 2.24) is 10.0 Å². The van der Waals surface area contributed by atoms with Gasteiger partial charge in [0.25, 0.3) is 0 Å². The van der Waals surface area contributed by atoms with Gasteiger partial charge in [-0.25, -0.2) is 13.1 Å². The van der Waals surface area contributed by atoms with Gasteiger partial charge in [0.05, 0.1) is 19.5 Å². The Labute approximate surface area is 165 Å². The Bertz CT molecular complexity index is 682. The van der Waals surface area contributed by atoms with E-state index < -0.39 is 10.0 Å². The molecule has 0 aliphatic carbocycles. The van der Waals surface area contributed by atoms with Crippen molar-refractivity contribution in [2.45, 2.75) is 12.8 Å². The number of nitrogens with zero attached hydrogens (tertiary/aromatic N) is 1. The summed E-state index contributed by atoms with van der Waals surface area (Å²) in [5.74, 6) is 2.06. The van der Waals surface area contributed by atoms with Crippen LogP contribution >= 0.6 is 24.0 Å². The van der Waals surface area contributed by atoms with E-state index in [1.807, 2.05) is 18.2 Å². The lowest BCUT2D eigenvalue weighted by atomic mass is 10.3. The second-order valence-electron chi connectivity index (χ2n) is 5.36. The summed E-state index contributed by atoms with van der Waals surface area (Å²) in [5, 5.41) is 6.30. The minimum atomic E-state index is -3.14. The van der Waals surface area contributed by atoms with Crippen molar-refractivity contribution in [3.63, 3.8) is 0 Å². The van der Waals surface area contributed by atoms with Crippen LogP contribution in [-0.2, 0) is 10.0 Å². The molecule has 0 aromatic heterocycles. The van der Waals surface area contributed by atoms with Crippen LogP contribution in [0.1, 0.15) is 12.8 Å². The van der Waals surface area contributed by atoms with Crippen molar-refractivity contribution in [3.8, 4) is 11.5 Å². The van der Waals surface area contributed by atoms with Gasteiger partial charge in [-0.15, -0.1) is 24.0 Å². The second kappa shape index (κ2) is 10.7. The van der Waals surface area contributed by atoms with Gasteiger partial charge in [0.15, 0.2) is 17.5 Å². The average Bonchev–Trinajstić information content (AvgIpc) is 2.77. The third-order valence-electron chi connectivity index (χ3n) is 3.24. The Hall–Kier alpha value is -1.27. The van der Waals surface area contributed by atoms with Gasteiger partial charge in [-0.1, -0.05) is 0 Å². The summed E-state index contributed by atoms with van der Waals surface area (Å²) in [6.07, 6.45) is 2.65. The Morgan fingerprint density at radius 3 is 2.60 bits per heavy atom. The molecule has 0 unspecified atom stereocenters. The lowest BCUT2D eigenvalue weighted by molar-refractivity contribution is 0.297. The van der Waals surface area contributed by atoms with Crippen LogP contribution in [0.4, 0.5) is 5.69 Å². The van der Waals surface area contributed by atoms with E-state index in [2.05, 4.69) is 20.3 Å². The molecule has 10 heteroatoms. The number of anilines is 1. The summed E-state index contributed by atoms with van der Waals surface area (Å²) in [4.78, 5) is 4.14. The molecule has 1 aliphatic rings. The minimum Gasteiger partial charge on any atom is -0.490 e. The van der Waals surface area contributed by atoms with Crippen molar-refractivity contribution in [3.05, 3.63) is 18.2 Å². The van der Waals surface area contributed by atoms with Crippen LogP contribution in [0.15, 0.2) is 23.2 Å². The molecule has 0 radical (unpaired) electrons. The van der Waals surface area contributed by atoms with E-state index >= 15 is 0 Å². The highest BCUT2D eigenvalue weighted by Crippen LogP contribution is 2.32. The van der Waals surface area contributed by atoms with Gasteiger partial charge in [-0.05, 0) is 18.6 Å². The van der Waals surface area contributed by atoms with Gasteiger partial charge < -0.3 is 20.1 Å². The zero-order chi connectivity index (χ0) is 17.4. The molecule has 1 aromatic rings. The van der Waals surface area contributed by atoms with Gasteiger partial charge in [0, 0.05) is 38.3 Å². The number of hydrogen-bond acceptors (Lipinski definition) is 5. The van der Waals surface area contributed by atoms with Crippen LogP contribution in [0.25, 0.3) is 0 Å². The predicted octanol–water partition coefficient (Wildman–Crippen LogP) is 1.39. The number of hydrogen-bond donors (Lipinski definition) is 3. The SMILES string of the molecule is CN=C(NCCCNS(C)(=O)=O)Nc1ccc2c(c1)OCCCO2.I. The van der Waals surface area contributed by atoms with E-state index in [1.54, 1.807) is 7.05 Å². The maximum absolute atomic E-state index is 11.0. The fraction of sp³-hybridized carbons (Fsp3) is 0.533. The highest BCUT2D eigenvalue weighted by Gasteiger charge is 2.11. The Morgan fingerprint density at radius 2 is 1.92 bits per heavy atom. The molecule has 0 spiro atoms. The molecular formula is C15H25IN4O4S. The highest BCUT2D eigenvalue weighted by atomic mass is 127. The largest absolute Gasteiger partial charge is 0.490 e. The average molecular weight is 484 g/mol. The standard InChI is InChI=1S/C15H24N4O4S.HI/c1-16-15(17-7-3-8-18-24(2,20)21)19-12-5-6-13-14(11-12)23-10-4-9-22-13;/h5-6,11,18H,3-4,7-10H2,1-2H3,(H2,16,17,19);1H. The van der Waals surface area contributed by atoms with Gasteiger partial charge in [-0.2, -0.15) is 0 Å². The molecule has 0 bridgehead atoms. The lowest BCUT2D eigenvalue weighted by Gasteiger charge is -2.14. The van der Waals surface area contributed by atoms with Crippen LogP contribution < -0.4 is 24.8 Å². The van der Waals surface area contributed by atoms with Crippen LogP contribution in [0.5, 0.6) is 11.5 Å². The first-order valence-electron chi connectivity index (χ1n) is 7.80.